The summed E-state index contributed by atoms with van der Waals surface area (Å²) >= 11 is 0. The normalized spacial score (nSPS) is 31.4. The Morgan fingerprint density at radius 3 is 2.36 bits per heavy atom. The molecule has 1 fully saturated rings. The number of phenolic OH excluding ortho intramolecular Hbond substituents is 1. The molecular weight excluding hydrogens is 468 g/mol. The smallest absolute Gasteiger partial charge is 0.198 e. The average Bonchev–Trinajstić information content (AvgIpc) is 2.82. The minimum absolute atomic E-state index is 0.0607. The number of fused-ring (bicyclic) bond motifs is 3. The fraction of sp³-hybridized carbons (Fsp3) is 0.423. The van der Waals surface area contributed by atoms with Gasteiger partial charge < -0.3 is 36.3 Å². The van der Waals surface area contributed by atoms with Crippen molar-refractivity contribution in [1.82, 2.24) is 0 Å². The number of aliphatic hydroxyl groups excluding tert-OH is 1. The molecule has 7 N–H and O–H groups in total. The van der Waals surface area contributed by atoms with Crippen LogP contribution in [0, 0.1) is 0 Å². The monoisotopic (exact) mass is 496 g/mol. The molecule has 1 aliphatic heterocycles. The van der Waals surface area contributed by atoms with E-state index in [2.05, 4.69) is 0 Å². The van der Waals surface area contributed by atoms with Crippen LogP contribution in [0.5, 0.6) is 5.75 Å². The number of benzene rings is 2. The maximum atomic E-state index is 13.4. The lowest BCUT2D eigenvalue weighted by molar-refractivity contribution is -0.246. The summed E-state index contributed by atoms with van der Waals surface area (Å²) in [6.45, 7) is 2.86. The van der Waals surface area contributed by atoms with Crippen LogP contribution in [-0.2, 0) is 20.7 Å². The highest BCUT2D eigenvalue weighted by Gasteiger charge is 2.48. The number of aromatic hydroxyl groups is 1. The number of rotatable bonds is 3. The number of nitrogen functional groups attached to an aromatic ring is 1. The van der Waals surface area contributed by atoms with Crippen LogP contribution >= 0.6 is 0 Å². The van der Waals surface area contributed by atoms with Gasteiger partial charge in [-0.05, 0) is 13.8 Å². The fourth-order valence-corrected chi connectivity index (χ4v) is 5.49. The van der Waals surface area contributed by atoms with Crippen molar-refractivity contribution in [2.24, 2.45) is 5.73 Å². The zero-order valence-corrected chi connectivity index (χ0v) is 19.9. The van der Waals surface area contributed by atoms with Gasteiger partial charge in [-0.3, -0.25) is 14.4 Å². The van der Waals surface area contributed by atoms with Crippen LogP contribution in [0.3, 0.4) is 0 Å². The van der Waals surface area contributed by atoms with Gasteiger partial charge in [0.1, 0.15) is 11.4 Å². The minimum atomic E-state index is -1.92. The van der Waals surface area contributed by atoms with Crippen molar-refractivity contribution < 1.29 is 39.2 Å². The maximum absolute atomic E-state index is 13.4. The highest BCUT2D eigenvalue weighted by molar-refractivity contribution is 6.31. The Morgan fingerprint density at radius 1 is 1.17 bits per heavy atom. The molecule has 0 amide bonds. The Balaban J connectivity index is 1.66. The van der Waals surface area contributed by atoms with Crippen molar-refractivity contribution in [1.29, 1.82) is 0 Å². The lowest BCUT2D eigenvalue weighted by atomic mass is 9.71. The number of hydrogen-bond acceptors (Lipinski definition) is 10. The van der Waals surface area contributed by atoms with Crippen LogP contribution in [0.25, 0.3) is 0 Å². The molecule has 3 aliphatic rings. The van der Waals surface area contributed by atoms with Gasteiger partial charge in [0.05, 0.1) is 29.4 Å². The summed E-state index contributed by atoms with van der Waals surface area (Å²) in [6.07, 6.45) is -3.94. The number of hydrogen-bond donors (Lipinski definition) is 5. The summed E-state index contributed by atoms with van der Waals surface area (Å²) in [4.78, 5) is 39.2. The van der Waals surface area contributed by atoms with E-state index >= 15 is 0 Å². The van der Waals surface area contributed by atoms with Gasteiger partial charge >= 0.3 is 0 Å². The standard InChI is InChI=1S/C26H28N2O8/c1-10-22(30)15(27)7-17(35-10)36-16-9-26(34,11(2)29)8-14-18(16)21(28)19-20(25(14)33)24(32)13-6-4-3-5-12(13)23(19)31/h3-6,10,15-17,22,30,33-34H,7-9,27-28H2,1-2H3/t10-,15+,16-,17-,22-,26-/m0/s1. The van der Waals surface area contributed by atoms with Crippen molar-refractivity contribution in [3.63, 3.8) is 0 Å². The molecule has 0 unspecified atom stereocenters. The summed E-state index contributed by atoms with van der Waals surface area (Å²) in [5.41, 5.74) is 10.7. The first-order chi connectivity index (χ1) is 16.9. The van der Waals surface area contributed by atoms with Crippen LogP contribution in [-0.4, -0.2) is 62.8 Å². The zero-order valence-electron chi connectivity index (χ0n) is 19.9. The van der Waals surface area contributed by atoms with E-state index in [0.717, 1.165) is 0 Å². The number of Topliss-reactive ketones (excluding diaryl/α,β-unsaturated/α-hetero) is 1. The molecule has 0 spiro atoms. The van der Waals surface area contributed by atoms with E-state index in [-0.39, 0.29) is 58.3 Å². The van der Waals surface area contributed by atoms with Gasteiger partial charge in [-0.2, -0.15) is 0 Å². The topological polar surface area (TPSA) is 182 Å². The molecule has 2 aromatic carbocycles. The van der Waals surface area contributed by atoms with Gasteiger partial charge in [0, 0.05) is 53.2 Å². The summed E-state index contributed by atoms with van der Waals surface area (Å²) < 4.78 is 11.9. The molecule has 5 rings (SSSR count). The second-order valence-corrected chi connectivity index (χ2v) is 9.86. The molecule has 6 atom stereocenters. The number of carbonyl (C=O) groups excluding carboxylic acids is 3. The highest BCUT2D eigenvalue weighted by Crippen LogP contribution is 2.50. The van der Waals surface area contributed by atoms with Gasteiger partial charge in [-0.15, -0.1) is 0 Å². The van der Waals surface area contributed by atoms with Gasteiger partial charge in [0.2, 0.25) is 0 Å². The Bertz CT molecular complexity index is 1300. The van der Waals surface area contributed by atoms with E-state index < -0.39 is 59.3 Å². The first-order valence-electron chi connectivity index (χ1n) is 11.8. The first kappa shape index (κ1) is 24.5. The molecule has 2 aliphatic carbocycles. The summed E-state index contributed by atoms with van der Waals surface area (Å²) in [5, 5.41) is 32.6. The van der Waals surface area contributed by atoms with Crippen LogP contribution in [0.1, 0.15) is 75.8 Å². The fourth-order valence-electron chi connectivity index (χ4n) is 5.49. The van der Waals surface area contributed by atoms with E-state index in [9.17, 15) is 29.7 Å². The largest absolute Gasteiger partial charge is 0.507 e. The van der Waals surface area contributed by atoms with Crippen molar-refractivity contribution in [2.75, 3.05) is 5.73 Å². The van der Waals surface area contributed by atoms with Gasteiger partial charge in [0.25, 0.3) is 0 Å². The lowest BCUT2D eigenvalue weighted by Crippen LogP contribution is -2.52. The number of phenols is 1. The van der Waals surface area contributed by atoms with Crippen LogP contribution in [0.2, 0.25) is 0 Å². The molecule has 36 heavy (non-hydrogen) atoms. The van der Waals surface area contributed by atoms with Crippen LogP contribution < -0.4 is 11.5 Å². The van der Waals surface area contributed by atoms with E-state index in [1.54, 1.807) is 19.1 Å². The third-order valence-electron chi connectivity index (χ3n) is 7.56. The number of ether oxygens (including phenoxy) is 2. The van der Waals surface area contributed by atoms with Gasteiger partial charge in [0.15, 0.2) is 23.6 Å². The van der Waals surface area contributed by atoms with Gasteiger partial charge in [-0.1, -0.05) is 24.3 Å². The van der Waals surface area contributed by atoms with E-state index in [4.69, 9.17) is 20.9 Å². The molecule has 0 bridgehead atoms. The molecule has 2 aromatic rings. The quantitative estimate of drug-likeness (QED) is 0.258. The Kier molecular flexibility index (Phi) is 5.77. The van der Waals surface area contributed by atoms with Crippen molar-refractivity contribution in [3.8, 4) is 5.75 Å². The second kappa shape index (κ2) is 8.46. The number of ketones is 3. The third-order valence-corrected chi connectivity index (χ3v) is 7.56. The number of anilines is 1. The van der Waals surface area contributed by atoms with Crippen molar-refractivity contribution >= 4 is 23.0 Å². The molecule has 0 radical (unpaired) electrons. The van der Waals surface area contributed by atoms with Gasteiger partial charge in [-0.25, -0.2) is 0 Å². The number of nitrogens with two attached hydrogens (primary N) is 2. The van der Waals surface area contributed by atoms with Crippen molar-refractivity contribution in [2.45, 2.75) is 69.4 Å². The highest BCUT2D eigenvalue weighted by atomic mass is 16.7. The lowest BCUT2D eigenvalue weighted by Gasteiger charge is -2.42. The minimum Gasteiger partial charge on any atom is -0.507 e. The zero-order chi connectivity index (χ0) is 26.1. The van der Waals surface area contributed by atoms with Crippen molar-refractivity contribution in [3.05, 3.63) is 57.6 Å². The molecular formula is C26H28N2O8. The van der Waals surface area contributed by atoms with E-state index in [0.29, 0.717) is 0 Å². The Hall–Kier alpha value is -3.15. The molecule has 190 valence electrons. The van der Waals surface area contributed by atoms with Crippen LogP contribution in [0.15, 0.2) is 24.3 Å². The molecule has 10 nitrogen and oxygen atoms in total. The predicted octanol–water partition coefficient (Wildman–Crippen LogP) is 0.897. The third kappa shape index (κ3) is 3.56. The summed E-state index contributed by atoms with van der Waals surface area (Å²) in [7, 11) is 0. The summed E-state index contributed by atoms with van der Waals surface area (Å²) in [5.74, 6) is -2.17. The Labute approximate surface area is 206 Å². The molecule has 10 heteroatoms. The molecule has 1 saturated heterocycles. The molecule has 1 heterocycles. The number of aliphatic hydroxyl groups is 2. The summed E-state index contributed by atoms with van der Waals surface area (Å²) in [6, 6.07) is 5.60. The first-order valence-corrected chi connectivity index (χ1v) is 11.8. The second-order valence-electron chi connectivity index (χ2n) is 9.86. The number of carbonyl (C=O) groups is 3. The molecule has 0 saturated carbocycles. The van der Waals surface area contributed by atoms with E-state index in [1.807, 2.05) is 0 Å². The SMILES string of the molecule is CC(=O)[C@]1(O)Cc2c(O)c3c(c(N)c2[C@@H](O[C@H]2C[C@@H](N)[C@@H](O)[C@H](C)O2)C1)C(=O)c1ccccc1C3=O. The molecule has 0 aromatic heterocycles. The predicted molar refractivity (Wildman–Crippen MR) is 127 cm³/mol. The Morgan fingerprint density at radius 2 is 1.78 bits per heavy atom. The average molecular weight is 497 g/mol. The van der Waals surface area contributed by atoms with Crippen LogP contribution in [0.4, 0.5) is 5.69 Å². The maximum Gasteiger partial charge on any atom is 0.198 e. The van der Waals surface area contributed by atoms with E-state index in [1.165, 1.54) is 19.1 Å².